The maximum Gasteiger partial charge on any atom is 0.282 e. The molecule has 2 heterocycles. The molecule has 2 aromatic heterocycles. The first-order chi connectivity index (χ1) is 18.0. The average Bonchev–Trinajstić information content (AvgIpc) is 3.31. The molecule has 0 aliphatic carbocycles. The lowest BCUT2D eigenvalue weighted by atomic mass is 10.1. The molecule has 0 amide bonds. The first-order valence-corrected chi connectivity index (χ1v) is 12.1. The molecule has 0 unspecified atom stereocenters. The van der Waals surface area contributed by atoms with Crippen molar-refractivity contribution in [1.82, 2.24) is 9.66 Å². The number of allylic oxidation sites excluding steroid dienone is 1. The Hall–Kier alpha value is -4.36. The van der Waals surface area contributed by atoms with Crippen molar-refractivity contribution in [2.75, 3.05) is 13.7 Å². The van der Waals surface area contributed by atoms with Gasteiger partial charge in [0.15, 0.2) is 17.3 Å². The van der Waals surface area contributed by atoms with Gasteiger partial charge in [0.2, 0.25) is 5.82 Å². The minimum absolute atomic E-state index is 0.275. The molecule has 0 saturated heterocycles. The highest BCUT2D eigenvalue weighted by Crippen LogP contribution is 2.33. The van der Waals surface area contributed by atoms with Crippen LogP contribution in [0.25, 0.3) is 33.5 Å². The van der Waals surface area contributed by atoms with Gasteiger partial charge in [0.25, 0.3) is 5.56 Å². The summed E-state index contributed by atoms with van der Waals surface area (Å²) < 4.78 is 18.7. The fourth-order valence-electron chi connectivity index (χ4n) is 4.20. The number of para-hydroxylation sites is 1. The van der Waals surface area contributed by atoms with Gasteiger partial charge in [0, 0.05) is 16.0 Å². The first kappa shape index (κ1) is 24.3. The molecule has 0 N–H and O–H groups in total. The number of aromatic nitrogens is 2. The molecule has 186 valence electrons. The molecule has 8 heteroatoms. The summed E-state index contributed by atoms with van der Waals surface area (Å²) in [6.07, 6.45) is 3.96. The maximum atomic E-state index is 13.5. The first-order valence-electron chi connectivity index (χ1n) is 11.7. The topological polar surface area (TPSA) is 78.9 Å². The normalized spacial score (nSPS) is 11.4. The number of methoxy groups -OCH3 is 1. The number of halogens is 1. The molecule has 37 heavy (non-hydrogen) atoms. The number of rotatable bonds is 8. The molecule has 0 atom stereocenters. The van der Waals surface area contributed by atoms with Crippen LogP contribution >= 0.6 is 11.6 Å². The van der Waals surface area contributed by atoms with Crippen molar-refractivity contribution in [3.8, 4) is 23.1 Å². The monoisotopic (exact) mass is 513 g/mol. The van der Waals surface area contributed by atoms with Crippen molar-refractivity contribution < 1.29 is 13.9 Å². The van der Waals surface area contributed by atoms with Crippen molar-refractivity contribution in [2.45, 2.75) is 13.3 Å². The van der Waals surface area contributed by atoms with Gasteiger partial charge in [0.1, 0.15) is 5.58 Å². The molecule has 0 radical (unpaired) electrons. The molecule has 0 bridgehead atoms. The molecule has 0 spiro atoms. The van der Waals surface area contributed by atoms with Gasteiger partial charge in [-0.2, -0.15) is 9.78 Å². The highest BCUT2D eigenvalue weighted by atomic mass is 35.5. The summed E-state index contributed by atoms with van der Waals surface area (Å²) in [5.74, 6) is 1.90. The Morgan fingerprint density at radius 2 is 2.00 bits per heavy atom. The number of fused-ring (bicyclic) bond motifs is 2. The second-order valence-electron chi connectivity index (χ2n) is 8.24. The number of hydrogen-bond acceptors (Lipinski definition) is 6. The van der Waals surface area contributed by atoms with Gasteiger partial charge in [-0.1, -0.05) is 29.8 Å². The molecule has 0 fully saturated rings. The third-order valence-corrected chi connectivity index (χ3v) is 6.03. The van der Waals surface area contributed by atoms with Crippen molar-refractivity contribution in [3.63, 3.8) is 0 Å². The molecular weight excluding hydrogens is 490 g/mol. The van der Waals surface area contributed by atoms with E-state index in [1.807, 2.05) is 25.1 Å². The van der Waals surface area contributed by atoms with Crippen LogP contribution in [0, 0.1) is 0 Å². The lowest BCUT2D eigenvalue weighted by Crippen LogP contribution is -2.20. The molecule has 5 aromatic rings. The second kappa shape index (κ2) is 10.3. The Labute approximate surface area is 218 Å². The number of nitrogens with zero attached hydrogens (tertiary/aromatic N) is 3. The molecular formula is C29H24ClN3O4. The van der Waals surface area contributed by atoms with Gasteiger partial charge in [-0.05, 0) is 67.4 Å². The van der Waals surface area contributed by atoms with Crippen molar-refractivity contribution in [2.24, 2.45) is 5.10 Å². The molecule has 0 aliphatic heterocycles. The minimum atomic E-state index is -0.319. The van der Waals surface area contributed by atoms with Crippen LogP contribution in [0.15, 0.2) is 87.6 Å². The van der Waals surface area contributed by atoms with Gasteiger partial charge in [-0.15, -0.1) is 6.58 Å². The fraction of sp³-hybridized carbons (Fsp3) is 0.138. The van der Waals surface area contributed by atoms with Crippen molar-refractivity contribution in [1.29, 1.82) is 0 Å². The van der Waals surface area contributed by atoms with Gasteiger partial charge in [0.05, 0.1) is 30.8 Å². The van der Waals surface area contributed by atoms with E-state index < -0.39 is 0 Å². The molecule has 0 aliphatic rings. The van der Waals surface area contributed by atoms with E-state index in [-0.39, 0.29) is 11.4 Å². The third kappa shape index (κ3) is 4.73. The molecule has 7 nitrogen and oxygen atoms in total. The average molecular weight is 514 g/mol. The van der Waals surface area contributed by atoms with Crippen molar-refractivity contribution >= 4 is 39.7 Å². The quantitative estimate of drug-likeness (QED) is 0.175. The zero-order valence-corrected chi connectivity index (χ0v) is 21.2. The minimum Gasteiger partial charge on any atom is -0.493 e. The summed E-state index contributed by atoms with van der Waals surface area (Å²) in [7, 11) is 1.60. The summed E-state index contributed by atoms with van der Waals surface area (Å²) >= 11 is 6.16. The summed E-state index contributed by atoms with van der Waals surface area (Å²) in [6.45, 7) is 6.21. The lowest BCUT2D eigenvalue weighted by molar-refractivity contribution is 0.309. The van der Waals surface area contributed by atoms with E-state index in [1.54, 1.807) is 61.9 Å². The van der Waals surface area contributed by atoms with E-state index in [4.69, 9.17) is 30.5 Å². The molecule has 3 aromatic carbocycles. The van der Waals surface area contributed by atoms with Crippen LogP contribution in [-0.4, -0.2) is 29.6 Å². The lowest BCUT2D eigenvalue weighted by Gasteiger charge is -2.14. The van der Waals surface area contributed by atoms with Crippen LogP contribution in [0.4, 0.5) is 0 Å². The number of benzene rings is 3. The van der Waals surface area contributed by atoms with E-state index in [0.29, 0.717) is 51.8 Å². The van der Waals surface area contributed by atoms with Crippen molar-refractivity contribution in [3.05, 3.63) is 99.8 Å². The zero-order valence-electron chi connectivity index (χ0n) is 20.4. The summed E-state index contributed by atoms with van der Waals surface area (Å²) in [5, 5.41) is 6.38. The second-order valence-corrected chi connectivity index (χ2v) is 8.68. The largest absolute Gasteiger partial charge is 0.493 e. The summed E-state index contributed by atoms with van der Waals surface area (Å²) in [5.41, 5.74) is 2.47. The Balaban J connectivity index is 1.69. The predicted molar refractivity (Wildman–Crippen MR) is 147 cm³/mol. The molecule has 5 rings (SSSR count). The van der Waals surface area contributed by atoms with Gasteiger partial charge < -0.3 is 13.9 Å². The SMILES string of the molecule is C=CCc1cc(C=Nn2c(-c3cc4cc(Cl)ccc4o3)nc3ccccc3c2=O)cc(OCC)c1OC. The van der Waals surface area contributed by atoms with Crippen LogP contribution in [0.1, 0.15) is 18.1 Å². The van der Waals surface area contributed by atoms with Crippen LogP contribution in [0.3, 0.4) is 0 Å². The van der Waals surface area contributed by atoms with E-state index in [1.165, 1.54) is 4.68 Å². The van der Waals surface area contributed by atoms with E-state index in [0.717, 1.165) is 16.5 Å². The Kier molecular flexibility index (Phi) is 6.79. The maximum absolute atomic E-state index is 13.5. The van der Waals surface area contributed by atoms with Crippen LogP contribution in [0.2, 0.25) is 5.02 Å². The smallest absolute Gasteiger partial charge is 0.282 e. The van der Waals surface area contributed by atoms with Crippen LogP contribution in [0.5, 0.6) is 11.5 Å². The standard InChI is InChI=1S/C29H24ClN3O4/c1-4-8-19-13-18(14-25(36-5-2)27(19)35-3)17-31-33-28(32-23-10-7-6-9-22(23)29(33)34)26-16-20-15-21(30)11-12-24(20)37-26/h4,6-7,9-17H,1,5,8H2,2-3H3. The summed E-state index contributed by atoms with van der Waals surface area (Å²) in [4.78, 5) is 18.3. The molecule has 0 saturated carbocycles. The zero-order chi connectivity index (χ0) is 25.9. The van der Waals surface area contributed by atoms with E-state index in [9.17, 15) is 4.79 Å². The predicted octanol–water partition coefficient (Wildman–Crippen LogP) is 6.48. The highest BCUT2D eigenvalue weighted by molar-refractivity contribution is 6.31. The number of ether oxygens (including phenoxy) is 2. The summed E-state index contributed by atoms with van der Waals surface area (Å²) in [6, 6.07) is 18.0. The van der Waals surface area contributed by atoms with E-state index >= 15 is 0 Å². The van der Waals surface area contributed by atoms with Gasteiger partial charge >= 0.3 is 0 Å². The van der Waals surface area contributed by atoms with Gasteiger partial charge in [-0.25, -0.2) is 4.98 Å². The van der Waals surface area contributed by atoms with Crippen LogP contribution in [-0.2, 0) is 6.42 Å². The van der Waals surface area contributed by atoms with Crippen LogP contribution < -0.4 is 15.0 Å². The number of hydrogen-bond donors (Lipinski definition) is 0. The highest BCUT2D eigenvalue weighted by Gasteiger charge is 2.17. The Morgan fingerprint density at radius 3 is 2.78 bits per heavy atom. The number of furan rings is 1. The van der Waals surface area contributed by atoms with Gasteiger partial charge in [-0.3, -0.25) is 4.79 Å². The third-order valence-electron chi connectivity index (χ3n) is 5.80. The Morgan fingerprint density at radius 1 is 1.16 bits per heavy atom. The Bertz CT molecular complexity index is 1720. The van der Waals surface area contributed by atoms with E-state index in [2.05, 4.69) is 11.7 Å². The fourth-order valence-corrected chi connectivity index (χ4v) is 4.38.